The Kier molecular flexibility index (Phi) is 9.32. The van der Waals surface area contributed by atoms with Gasteiger partial charge in [-0.05, 0) is 74.3 Å². The molecule has 0 amide bonds. The van der Waals surface area contributed by atoms with Gasteiger partial charge in [0.25, 0.3) is 0 Å². The van der Waals surface area contributed by atoms with Crippen LogP contribution < -0.4 is 10.6 Å². The van der Waals surface area contributed by atoms with Crippen LogP contribution in [0.2, 0.25) is 0 Å². The van der Waals surface area contributed by atoms with Gasteiger partial charge in [0.2, 0.25) is 0 Å². The van der Waals surface area contributed by atoms with Crippen molar-refractivity contribution in [2.24, 2.45) is 0 Å². The largest absolute Gasteiger partial charge is 0.362 e. The lowest BCUT2D eigenvalue weighted by atomic mass is 10.00. The summed E-state index contributed by atoms with van der Waals surface area (Å²) in [6.45, 7) is 5.66. The number of anilines is 1. The van der Waals surface area contributed by atoms with E-state index in [0.29, 0.717) is 5.11 Å². The molecule has 1 atom stereocenters. The second-order valence-corrected chi connectivity index (χ2v) is 9.08. The minimum Gasteiger partial charge on any atom is -0.362 e. The van der Waals surface area contributed by atoms with E-state index in [2.05, 4.69) is 77.1 Å². The van der Waals surface area contributed by atoms with Gasteiger partial charge in [-0.25, -0.2) is 0 Å². The molecular formula is C24H33N3S2. The quantitative estimate of drug-likeness (QED) is 0.294. The van der Waals surface area contributed by atoms with Crippen LogP contribution >= 0.6 is 24.0 Å². The zero-order chi connectivity index (χ0) is 20.3. The number of hydrogen-bond donors (Lipinski definition) is 2. The van der Waals surface area contributed by atoms with Crippen LogP contribution in [0.25, 0.3) is 0 Å². The summed E-state index contributed by atoms with van der Waals surface area (Å²) < 4.78 is 0. The zero-order valence-electron chi connectivity index (χ0n) is 17.4. The molecule has 0 spiro atoms. The van der Waals surface area contributed by atoms with Crippen LogP contribution in [0.15, 0.2) is 59.5 Å². The van der Waals surface area contributed by atoms with Gasteiger partial charge in [0.05, 0.1) is 0 Å². The highest BCUT2D eigenvalue weighted by Crippen LogP contribution is 2.23. The topological polar surface area (TPSA) is 27.3 Å². The molecular weight excluding hydrogens is 394 g/mol. The molecule has 0 aliphatic carbocycles. The van der Waals surface area contributed by atoms with Gasteiger partial charge in [-0.1, -0.05) is 43.7 Å². The molecule has 5 heteroatoms. The summed E-state index contributed by atoms with van der Waals surface area (Å²) >= 11 is 7.32. The Morgan fingerprint density at radius 2 is 1.90 bits per heavy atom. The van der Waals surface area contributed by atoms with Gasteiger partial charge in [0.1, 0.15) is 0 Å². The fourth-order valence-electron chi connectivity index (χ4n) is 3.84. The summed E-state index contributed by atoms with van der Waals surface area (Å²) in [5.41, 5.74) is 2.35. The molecule has 29 heavy (non-hydrogen) atoms. The molecule has 0 radical (unpaired) electrons. The van der Waals surface area contributed by atoms with Crippen LogP contribution in [-0.4, -0.2) is 35.7 Å². The molecule has 3 rings (SSSR count). The minimum absolute atomic E-state index is 0.710. The van der Waals surface area contributed by atoms with Crippen molar-refractivity contribution in [1.82, 2.24) is 10.2 Å². The Hall–Kier alpha value is -1.56. The average molecular weight is 428 g/mol. The maximum atomic E-state index is 5.46. The molecule has 0 unspecified atom stereocenters. The maximum absolute atomic E-state index is 5.46. The number of hydrogen-bond acceptors (Lipinski definition) is 3. The Morgan fingerprint density at radius 3 is 2.66 bits per heavy atom. The number of benzene rings is 2. The van der Waals surface area contributed by atoms with Crippen molar-refractivity contribution < 1.29 is 0 Å². The standard InChI is InChI=1S/C24H33N3S2/c1-2-22-9-6-7-17-27(22)18-8-16-25-24(28)26-21-14-12-20(13-15-21)19-29-23-10-4-3-5-11-23/h3-5,10-15,22H,2,6-9,16-19H2,1H3,(H2,25,26,28)/t22-/m1/s1. The fraction of sp³-hybridized carbons (Fsp3) is 0.458. The van der Waals surface area contributed by atoms with Crippen LogP contribution in [-0.2, 0) is 5.75 Å². The van der Waals surface area contributed by atoms with E-state index in [9.17, 15) is 0 Å². The Balaban J connectivity index is 1.33. The molecule has 0 saturated carbocycles. The van der Waals surface area contributed by atoms with Crippen LogP contribution in [0.3, 0.4) is 0 Å². The third-order valence-corrected chi connectivity index (χ3v) is 6.82. The molecule has 3 nitrogen and oxygen atoms in total. The van der Waals surface area contributed by atoms with Crippen molar-refractivity contribution in [3.8, 4) is 0 Å². The van der Waals surface area contributed by atoms with Crippen LogP contribution in [0.1, 0.15) is 44.6 Å². The first-order chi connectivity index (χ1) is 14.2. The molecule has 0 bridgehead atoms. The summed E-state index contributed by atoms with van der Waals surface area (Å²) in [7, 11) is 0. The van der Waals surface area contributed by atoms with Crippen molar-refractivity contribution in [3.63, 3.8) is 0 Å². The van der Waals surface area contributed by atoms with Gasteiger partial charge in [-0.2, -0.15) is 0 Å². The van der Waals surface area contributed by atoms with E-state index in [1.807, 2.05) is 11.8 Å². The molecule has 2 aromatic rings. The van der Waals surface area contributed by atoms with Gasteiger partial charge < -0.3 is 15.5 Å². The molecule has 1 aliphatic rings. The number of likely N-dealkylation sites (tertiary alicyclic amines) is 1. The number of nitrogens with one attached hydrogen (secondary N) is 2. The van der Waals surface area contributed by atoms with Crippen molar-refractivity contribution in [1.29, 1.82) is 0 Å². The smallest absolute Gasteiger partial charge is 0.170 e. The summed E-state index contributed by atoms with van der Waals surface area (Å²) in [6, 6.07) is 19.9. The fourth-order valence-corrected chi connectivity index (χ4v) is 4.94. The highest BCUT2D eigenvalue weighted by atomic mass is 32.2. The number of rotatable bonds is 9. The second-order valence-electron chi connectivity index (χ2n) is 7.63. The van der Waals surface area contributed by atoms with E-state index in [-0.39, 0.29) is 0 Å². The number of piperidine rings is 1. The van der Waals surface area contributed by atoms with Gasteiger partial charge >= 0.3 is 0 Å². The molecule has 1 heterocycles. The highest BCUT2D eigenvalue weighted by Gasteiger charge is 2.19. The third-order valence-electron chi connectivity index (χ3n) is 5.49. The van der Waals surface area contributed by atoms with Gasteiger partial charge in [-0.15, -0.1) is 11.8 Å². The first kappa shape index (κ1) is 22.1. The first-order valence-electron chi connectivity index (χ1n) is 10.8. The van der Waals surface area contributed by atoms with Crippen molar-refractivity contribution in [3.05, 3.63) is 60.2 Å². The maximum Gasteiger partial charge on any atom is 0.170 e. The molecule has 156 valence electrons. The van der Waals surface area contributed by atoms with Gasteiger partial charge in [-0.3, -0.25) is 0 Å². The SMILES string of the molecule is CC[C@@H]1CCCCN1CCCNC(=S)Nc1ccc(CSc2ccccc2)cc1. The molecule has 2 aromatic carbocycles. The molecule has 2 N–H and O–H groups in total. The monoisotopic (exact) mass is 427 g/mol. The lowest BCUT2D eigenvalue weighted by Crippen LogP contribution is -2.40. The summed E-state index contributed by atoms with van der Waals surface area (Å²) in [5, 5.41) is 7.37. The van der Waals surface area contributed by atoms with E-state index in [1.165, 1.54) is 49.2 Å². The minimum atomic E-state index is 0.710. The summed E-state index contributed by atoms with van der Waals surface area (Å²) in [6.07, 6.45) is 6.51. The average Bonchev–Trinajstić information content (AvgIpc) is 2.77. The molecule has 1 aliphatic heterocycles. The van der Waals surface area contributed by atoms with E-state index in [1.54, 1.807) is 0 Å². The zero-order valence-corrected chi connectivity index (χ0v) is 19.0. The Labute approximate surface area is 185 Å². The summed E-state index contributed by atoms with van der Waals surface area (Å²) in [5.74, 6) is 0.974. The Bertz CT molecular complexity index is 734. The predicted octanol–water partition coefficient (Wildman–Crippen LogP) is 5.92. The molecule has 1 saturated heterocycles. The van der Waals surface area contributed by atoms with E-state index in [4.69, 9.17) is 12.2 Å². The first-order valence-corrected chi connectivity index (χ1v) is 12.2. The van der Waals surface area contributed by atoms with E-state index < -0.39 is 0 Å². The third kappa shape index (κ3) is 7.65. The van der Waals surface area contributed by atoms with Crippen molar-refractivity contribution in [2.45, 2.75) is 55.7 Å². The van der Waals surface area contributed by atoms with Crippen LogP contribution in [0.5, 0.6) is 0 Å². The lowest BCUT2D eigenvalue weighted by molar-refractivity contribution is 0.143. The predicted molar refractivity (Wildman–Crippen MR) is 131 cm³/mol. The van der Waals surface area contributed by atoms with E-state index >= 15 is 0 Å². The van der Waals surface area contributed by atoms with Crippen LogP contribution in [0, 0.1) is 0 Å². The van der Waals surface area contributed by atoms with Gasteiger partial charge in [0.15, 0.2) is 5.11 Å². The summed E-state index contributed by atoms with van der Waals surface area (Å²) in [4.78, 5) is 3.96. The van der Waals surface area contributed by atoms with Crippen LogP contribution in [0.4, 0.5) is 5.69 Å². The van der Waals surface area contributed by atoms with Gasteiger partial charge in [0, 0.05) is 35.5 Å². The second kappa shape index (κ2) is 12.2. The Morgan fingerprint density at radius 1 is 1.10 bits per heavy atom. The molecule has 0 aromatic heterocycles. The number of nitrogens with zero attached hydrogens (tertiary/aromatic N) is 1. The van der Waals surface area contributed by atoms with Crippen molar-refractivity contribution in [2.75, 3.05) is 25.0 Å². The molecule has 1 fully saturated rings. The van der Waals surface area contributed by atoms with E-state index in [0.717, 1.165) is 30.4 Å². The van der Waals surface area contributed by atoms with Crippen molar-refractivity contribution >= 4 is 34.8 Å². The highest BCUT2D eigenvalue weighted by molar-refractivity contribution is 7.98. The normalized spacial score (nSPS) is 17.1. The lowest BCUT2D eigenvalue weighted by Gasteiger charge is -2.35. The number of thioether (sulfide) groups is 1. The number of thiocarbonyl (C=S) groups is 1.